The molecule has 2 N–H and O–H groups in total. The van der Waals surface area contributed by atoms with Crippen molar-refractivity contribution >= 4 is 21.7 Å². The first kappa shape index (κ1) is 15.1. The number of rotatable bonds is 5. The number of carbonyl (C=O) groups is 1. The topological polar surface area (TPSA) is 83.5 Å². The van der Waals surface area contributed by atoms with E-state index in [1.54, 1.807) is 43.3 Å². The van der Waals surface area contributed by atoms with Gasteiger partial charge in [-0.15, -0.1) is 0 Å². The first-order valence-corrected chi connectivity index (χ1v) is 7.76. The minimum Gasteiger partial charge on any atom is -0.481 e. The highest BCUT2D eigenvalue weighted by atomic mass is 32.2. The first-order valence-electron chi connectivity index (χ1n) is 6.28. The van der Waals surface area contributed by atoms with Crippen molar-refractivity contribution in [1.29, 1.82) is 0 Å². The van der Waals surface area contributed by atoms with Gasteiger partial charge < -0.3 is 5.11 Å². The summed E-state index contributed by atoms with van der Waals surface area (Å²) in [4.78, 5) is 10.9. The minimum absolute atomic E-state index is 0.153. The van der Waals surface area contributed by atoms with Crippen molar-refractivity contribution in [3.8, 4) is 0 Å². The second kappa shape index (κ2) is 5.97. The van der Waals surface area contributed by atoms with Crippen LogP contribution in [0.3, 0.4) is 0 Å². The van der Waals surface area contributed by atoms with Crippen LogP contribution in [0, 0.1) is 6.92 Å². The predicted octanol–water partition coefficient (Wildman–Crippen LogP) is 2.42. The molecule has 0 spiro atoms. The van der Waals surface area contributed by atoms with E-state index in [-0.39, 0.29) is 11.3 Å². The van der Waals surface area contributed by atoms with E-state index in [9.17, 15) is 13.2 Å². The van der Waals surface area contributed by atoms with E-state index in [0.717, 1.165) is 0 Å². The third-order valence-electron chi connectivity index (χ3n) is 2.92. The van der Waals surface area contributed by atoms with E-state index in [0.29, 0.717) is 16.8 Å². The van der Waals surface area contributed by atoms with E-state index in [1.165, 1.54) is 12.1 Å². The molecule has 5 nitrogen and oxygen atoms in total. The summed E-state index contributed by atoms with van der Waals surface area (Å²) in [6.07, 6.45) is -0.153. The Morgan fingerprint density at radius 1 is 1.14 bits per heavy atom. The van der Waals surface area contributed by atoms with Crippen LogP contribution < -0.4 is 4.72 Å². The third kappa shape index (κ3) is 3.82. The van der Waals surface area contributed by atoms with Gasteiger partial charge in [0.05, 0.1) is 11.3 Å². The van der Waals surface area contributed by atoms with Crippen LogP contribution in [0.15, 0.2) is 53.4 Å². The largest absolute Gasteiger partial charge is 0.481 e. The van der Waals surface area contributed by atoms with E-state index >= 15 is 0 Å². The summed E-state index contributed by atoms with van der Waals surface area (Å²) >= 11 is 0. The first-order chi connectivity index (χ1) is 9.88. The molecule has 0 bridgehead atoms. The molecule has 0 saturated carbocycles. The van der Waals surface area contributed by atoms with Gasteiger partial charge in [0, 0.05) is 5.69 Å². The lowest BCUT2D eigenvalue weighted by atomic mass is 10.1. The number of aliphatic carboxylic acids is 1. The van der Waals surface area contributed by atoms with Crippen LogP contribution in [0.1, 0.15) is 11.1 Å². The van der Waals surface area contributed by atoms with Crippen molar-refractivity contribution in [1.82, 2.24) is 0 Å². The van der Waals surface area contributed by atoms with Gasteiger partial charge in [0.2, 0.25) is 0 Å². The number of hydrogen-bond donors (Lipinski definition) is 2. The molecule has 0 aliphatic heterocycles. The molecular weight excluding hydrogens is 290 g/mol. The Morgan fingerprint density at radius 2 is 1.86 bits per heavy atom. The molecule has 21 heavy (non-hydrogen) atoms. The molecule has 0 aliphatic carbocycles. The summed E-state index contributed by atoms with van der Waals surface area (Å²) < 4.78 is 27.1. The predicted molar refractivity (Wildman–Crippen MR) is 79.8 cm³/mol. The summed E-state index contributed by atoms with van der Waals surface area (Å²) in [5.41, 5.74) is 1.52. The van der Waals surface area contributed by atoms with Gasteiger partial charge in [-0.3, -0.25) is 9.52 Å². The van der Waals surface area contributed by atoms with Crippen LogP contribution in [0.5, 0.6) is 0 Å². The Labute approximate surface area is 123 Å². The van der Waals surface area contributed by atoms with Crippen LogP contribution in [0.4, 0.5) is 5.69 Å². The van der Waals surface area contributed by atoms with Crippen LogP contribution >= 0.6 is 0 Å². The average Bonchev–Trinajstić information content (AvgIpc) is 2.38. The lowest BCUT2D eigenvalue weighted by molar-refractivity contribution is -0.136. The van der Waals surface area contributed by atoms with E-state index in [4.69, 9.17) is 5.11 Å². The summed E-state index contributed by atoms with van der Waals surface area (Å²) in [5.74, 6) is -0.964. The van der Waals surface area contributed by atoms with Crippen molar-refractivity contribution in [2.45, 2.75) is 18.2 Å². The van der Waals surface area contributed by atoms with Crippen molar-refractivity contribution in [2.75, 3.05) is 4.72 Å². The number of carboxylic acids is 1. The average molecular weight is 305 g/mol. The molecule has 0 unspecified atom stereocenters. The number of benzene rings is 2. The normalized spacial score (nSPS) is 11.1. The number of sulfonamides is 1. The fourth-order valence-electron chi connectivity index (χ4n) is 1.99. The minimum atomic E-state index is -3.69. The molecule has 0 amide bonds. The maximum absolute atomic E-state index is 12.3. The molecule has 0 heterocycles. The Hall–Kier alpha value is -2.34. The Kier molecular flexibility index (Phi) is 4.28. The van der Waals surface area contributed by atoms with Crippen LogP contribution in [-0.2, 0) is 21.2 Å². The Bertz CT molecular complexity index is 769. The van der Waals surface area contributed by atoms with Gasteiger partial charge in [0.1, 0.15) is 0 Å². The number of anilines is 1. The second-order valence-corrected chi connectivity index (χ2v) is 6.29. The summed E-state index contributed by atoms with van der Waals surface area (Å²) in [6, 6.07) is 13.0. The molecule has 6 heteroatoms. The van der Waals surface area contributed by atoms with Gasteiger partial charge >= 0.3 is 5.97 Å². The SMILES string of the molecule is Cc1ccccc1S(=O)(=O)Nc1cccc(CC(=O)O)c1. The standard InChI is InChI=1S/C15H15NO4S/c1-11-5-2-3-8-14(11)21(19,20)16-13-7-4-6-12(9-13)10-15(17)18/h2-9,16H,10H2,1H3,(H,17,18). The Morgan fingerprint density at radius 3 is 2.52 bits per heavy atom. The zero-order chi connectivity index (χ0) is 15.5. The van der Waals surface area contributed by atoms with Crippen LogP contribution in [0.2, 0.25) is 0 Å². The van der Waals surface area contributed by atoms with Gasteiger partial charge in [-0.05, 0) is 36.2 Å². The highest BCUT2D eigenvalue weighted by molar-refractivity contribution is 7.92. The summed E-state index contributed by atoms with van der Waals surface area (Å²) in [6.45, 7) is 1.72. The van der Waals surface area contributed by atoms with Crippen LogP contribution in [-0.4, -0.2) is 19.5 Å². The monoisotopic (exact) mass is 305 g/mol. The van der Waals surface area contributed by atoms with E-state index in [1.807, 2.05) is 0 Å². The van der Waals surface area contributed by atoms with Crippen molar-refractivity contribution < 1.29 is 18.3 Å². The molecule has 0 aromatic heterocycles. The van der Waals surface area contributed by atoms with Crippen molar-refractivity contribution in [3.05, 3.63) is 59.7 Å². The maximum Gasteiger partial charge on any atom is 0.307 e. The van der Waals surface area contributed by atoms with Gasteiger partial charge in [-0.2, -0.15) is 0 Å². The van der Waals surface area contributed by atoms with Crippen LogP contribution in [0.25, 0.3) is 0 Å². The van der Waals surface area contributed by atoms with Gasteiger partial charge in [0.15, 0.2) is 0 Å². The molecule has 0 atom stereocenters. The maximum atomic E-state index is 12.3. The fourth-order valence-corrected chi connectivity index (χ4v) is 3.28. The fraction of sp³-hybridized carbons (Fsp3) is 0.133. The molecule has 0 fully saturated rings. The smallest absolute Gasteiger partial charge is 0.307 e. The zero-order valence-corrected chi connectivity index (χ0v) is 12.2. The molecule has 0 aliphatic rings. The molecule has 2 aromatic rings. The molecule has 2 aromatic carbocycles. The molecular formula is C15H15NO4S. The lowest BCUT2D eigenvalue weighted by Crippen LogP contribution is -2.14. The van der Waals surface area contributed by atoms with Crippen molar-refractivity contribution in [2.24, 2.45) is 0 Å². The Balaban J connectivity index is 2.29. The lowest BCUT2D eigenvalue weighted by Gasteiger charge is -2.11. The molecule has 110 valence electrons. The molecule has 0 saturated heterocycles. The molecule has 2 rings (SSSR count). The van der Waals surface area contributed by atoms with Gasteiger partial charge in [-0.1, -0.05) is 30.3 Å². The number of hydrogen-bond acceptors (Lipinski definition) is 3. The third-order valence-corrected chi connectivity index (χ3v) is 4.46. The summed E-state index contributed by atoms with van der Waals surface area (Å²) in [7, 11) is -3.69. The van der Waals surface area contributed by atoms with Gasteiger partial charge in [-0.25, -0.2) is 8.42 Å². The number of aryl methyl sites for hydroxylation is 1. The van der Waals surface area contributed by atoms with Gasteiger partial charge in [0.25, 0.3) is 10.0 Å². The molecule has 0 radical (unpaired) electrons. The second-order valence-electron chi connectivity index (χ2n) is 4.64. The zero-order valence-electron chi connectivity index (χ0n) is 11.4. The highest BCUT2D eigenvalue weighted by Gasteiger charge is 2.16. The quantitative estimate of drug-likeness (QED) is 0.888. The number of nitrogens with one attached hydrogen (secondary N) is 1. The van der Waals surface area contributed by atoms with E-state index < -0.39 is 16.0 Å². The van der Waals surface area contributed by atoms with Crippen molar-refractivity contribution in [3.63, 3.8) is 0 Å². The summed E-state index contributed by atoms with van der Waals surface area (Å²) in [5, 5.41) is 8.77. The van der Waals surface area contributed by atoms with E-state index in [2.05, 4.69) is 4.72 Å². The number of carboxylic acid groups (broad SMARTS) is 1. The highest BCUT2D eigenvalue weighted by Crippen LogP contribution is 2.20.